The van der Waals surface area contributed by atoms with E-state index in [-0.39, 0.29) is 5.82 Å². The maximum absolute atomic E-state index is 12.8. The molecule has 0 saturated carbocycles. The van der Waals surface area contributed by atoms with Gasteiger partial charge < -0.3 is 15.4 Å². The van der Waals surface area contributed by atoms with E-state index in [9.17, 15) is 4.39 Å². The van der Waals surface area contributed by atoms with Gasteiger partial charge in [-0.2, -0.15) is 10.1 Å². The van der Waals surface area contributed by atoms with Gasteiger partial charge in [-0.15, -0.1) is 5.10 Å². The molecule has 0 bridgehead atoms. The monoisotopic (exact) mass is 277 g/mol. The van der Waals surface area contributed by atoms with Crippen LogP contribution in [0, 0.1) is 5.82 Å². The van der Waals surface area contributed by atoms with Gasteiger partial charge in [0, 0.05) is 25.9 Å². The number of ether oxygens (including phenoxy) is 1. The lowest BCUT2D eigenvalue weighted by Gasteiger charge is -2.07. The summed E-state index contributed by atoms with van der Waals surface area (Å²) in [6.07, 6.45) is 2.42. The SMILES string of the molecule is COCCCNc1cnnc(Nc2ccc(F)cc2)n1. The molecule has 0 aliphatic rings. The van der Waals surface area contributed by atoms with Gasteiger partial charge in [-0.05, 0) is 30.7 Å². The Balaban J connectivity index is 1.93. The molecule has 0 aliphatic heterocycles. The molecule has 0 radical (unpaired) electrons. The van der Waals surface area contributed by atoms with Crippen LogP contribution in [-0.2, 0) is 4.74 Å². The largest absolute Gasteiger partial charge is 0.385 e. The first kappa shape index (κ1) is 14.1. The van der Waals surface area contributed by atoms with Gasteiger partial charge in [-0.1, -0.05) is 0 Å². The van der Waals surface area contributed by atoms with Crippen molar-refractivity contribution in [1.82, 2.24) is 15.2 Å². The average Bonchev–Trinajstić information content (AvgIpc) is 2.47. The van der Waals surface area contributed by atoms with Crippen LogP contribution in [0.5, 0.6) is 0 Å². The van der Waals surface area contributed by atoms with Gasteiger partial charge >= 0.3 is 0 Å². The number of nitrogens with one attached hydrogen (secondary N) is 2. The first-order chi connectivity index (χ1) is 9.78. The summed E-state index contributed by atoms with van der Waals surface area (Å²) in [5.74, 6) is 0.692. The van der Waals surface area contributed by atoms with Crippen LogP contribution in [-0.4, -0.2) is 35.4 Å². The Morgan fingerprint density at radius 1 is 1.25 bits per heavy atom. The van der Waals surface area contributed by atoms with Crippen LogP contribution in [0.15, 0.2) is 30.5 Å². The highest BCUT2D eigenvalue weighted by Crippen LogP contribution is 2.13. The molecular weight excluding hydrogens is 261 g/mol. The number of methoxy groups -OCH3 is 1. The fourth-order valence-electron chi connectivity index (χ4n) is 1.54. The Bertz CT molecular complexity index is 535. The molecule has 0 saturated heterocycles. The van der Waals surface area contributed by atoms with E-state index in [4.69, 9.17) is 4.74 Å². The van der Waals surface area contributed by atoms with Crippen LogP contribution in [0.2, 0.25) is 0 Å². The number of nitrogens with zero attached hydrogens (tertiary/aromatic N) is 3. The second-order valence-corrected chi connectivity index (χ2v) is 4.07. The number of benzene rings is 1. The van der Waals surface area contributed by atoms with Gasteiger partial charge in [-0.25, -0.2) is 4.39 Å². The van der Waals surface area contributed by atoms with Gasteiger partial charge in [-0.3, -0.25) is 0 Å². The molecule has 0 unspecified atom stereocenters. The standard InChI is InChI=1S/C13H16FN5O/c1-20-8-2-7-15-12-9-16-19-13(18-12)17-11-5-3-10(14)4-6-11/h3-6,9H,2,7-8H2,1H3,(H2,15,17,18,19). The summed E-state index contributed by atoms with van der Waals surface area (Å²) >= 11 is 0. The zero-order chi connectivity index (χ0) is 14.2. The topological polar surface area (TPSA) is 72.0 Å². The lowest BCUT2D eigenvalue weighted by molar-refractivity contribution is 0.197. The second kappa shape index (κ2) is 7.34. The molecule has 2 N–H and O–H groups in total. The van der Waals surface area contributed by atoms with Crippen LogP contribution < -0.4 is 10.6 Å². The Kier molecular flexibility index (Phi) is 5.19. The molecule has 7 heteroatoms. The van der Waals surface area contributed by atoms with Crippen LogP contribution in [0.25, 0.3) is 0 Å². The molecule has 1 heterocycles. The van der Waals surface area contributed by atoms with Crippen molar-refractivity contribution in [1.29, 1.82) is 0 Å². The predicted molar refractivity (Wildman–Crippen MR) is 74.5 cm³/mol. The van der Waals surface area contributed by atoms with E-state index < -0.39 is 0 Å². The van der Waals surface area contributed by atoms with Gasteiger partial charge in [0.15, 0.2) is 5.82 Å². The fraction of sp³-hybridized carbons (Fsp3) is 0.308. The Labute approximate surface area is 116 Å². The zero-order valence-corrected chi connectivity index (χ0v) is 11.1. The van der Waals surface area contributed by atoms with Crippen molar-refractivity contribution < 1.29 is 9.13 Å². The average molecular weight is 277 g/mol. The van der Waals surface area contributed by atoms with Crippen molar-refractivity contribution >= 4 is 17.5 Å². The third kappa shape index (κ3) is 4.43. The van der Waals surface area contributed by atoms with Gasteiger partial charge in [0.25, 0.3) is 0 Å². The maximum Gasteiger partial charge on any atom is 0.249 e. The number of anilines is 3. The van der Waals surface area contributed by atoms with Crippen molar-refractivity contribution in [3.05, 3.63) is 36.3 Å². The number of hydrogen-bond acceptors (Lipinski definition) is 6. The quantitative estimate of drug-likeness (QED) is 0.756. The summed E-state index contributed by atoms with van der Waals surface area (Å²) in [6, 6.07) is 5.94. The Morgan fingerprint density at radius 2 is 2.05 bits per heavy atom. The second-order valence-electron chi connectivity index (χ2n) is 4.07. The summed E-state index contributed by atoms with van der Waals surface area (Å²) in [6.45, 7) is 1.43. The summed E-state index contributed by atoms with van der Waals surface area (Å²) in [5, 5.41) is 13.8. The van der Waals surface area contributed by atoms with Crippen LogP contribution in [0.4, 0.5) is 21.8 Å². The Morgan fingerprint density at radius 3 is 2.80 bits per heavy atom. The van der Waals surface area contributed by atoms with Crippen molar-refractivity contribution in [3.8, 4) is 0 Å². The van der Waals surface area contributed by atoms with Gasteiger partial charge in [0.2, 0.25) is 5.95 Å². The van der Waals surface area contributed by atoms with E-state index >= 15 is 0 Å². The molecule has 20 heavy (non-hydrogen) atoms. The Hall–Kier alpha value is -2.28. The summed E-state index contributed by atoms with van der Waals surface area (Å²) in [5.41, 5.74) is 0.699. The number of hydrogen-bond donors (Lipinski definition) is 2. The van der Waals surface area contributed by atoms with E-state index in [1.54, 1.807) is 25.4 Å². The van der Waals surface area contributed by atoms with Crippen molar-refractivity contribution in [2.45, 2.75) is 6.42 Å². The summed E-state index contributed by atoms with van der Waals surface area (Å²) in [4.78, 5) is 4.26. The number of rotatable bonds is 7. The molecule has 106 valence electrons. The molecule has 0 amide bonds. The molecule has 2 rings (SSSR count). The smallest absolute Gasteiger partial charge is 0.249 e. The molecule has 1 aromatic carbocycles. The zero-order valence-electron chi connectivity index (χ0n) is 11.1. The van der Waals surface area contributed by atoms with Gasteiger partial charge in [0.05, 0.1) is 6.20 Å². The van der Waals surface area contributed by atoms with Crippen LogP contribution in [0.1, 0.15) is 6.42 Å². The first-order valence-corrected chi connectivity index (χ1v) is 6.23. The highest BCUT2D eigenvalue weighted by atomic mass is 19.1. The minimum absolute atomic E-state index is 0.289. The number of halogens is 1. The molecule has 0 aliphatic carbocycles. The van der Waals surface area contributed by atoms with E-state index in [1.807, 2.05) is 0 Å². The third-order valence-corrected chi connectivity index (χ3v) is 2.49. The lowest BCUT2D eigenvalue weighted by Crippen LogP contribution is -2.08. The highest BCUT2D eigenvalue weighted by Gasteiger charge is 2.01. The lowest BCUT2D eigenvalue weighted by atomic mass is 10.3. The number of aromatic nitrogens is 3. The molecule has 0 fully saturated rings. The van der Waals surface area contributed by atoms with Gasteiger partial charge in [0.1, 0.15) is 5.82 Å². The summed E-state index contributed by atoms with van der Waals surface area (Å²) in [7, 11) is 1.66. The van der Waals surface area contributed by atoms with E-state index in [2.05, 4.69) is 25.8 Å². The molecule has 0 spiro atoms. The maximum atomic E-state index is 12.8. The van der Waals surface area contributed by atoms with E-state index in [1.165, 1.54) is 12.1 Å². The van der Waals surface area contributed by atoms with Crippen molar-refractivity contribution in [2.24, 2.45) is 0 Å². The third-order valence-electron chi connectivity index (χ3n) is 2.49. The molecule has 0 atom stereocenters. The molecule has 6 nitrogen and oxygen atoms in total. The van der Waals surface area contributed by atoms with E-state index in [0.29, 0.717) is 24.1 Å². The van der Waals surface area contributed by atoms with Crippen molar-refractivity contribution in [2.75, 3.05) is 30.9 Å². The molecule has 2 aromatic rings. The fourth-order valence-corrected chi connectivity index (χ4v) is 1.54. The first-order valence-electron chi connectivity index (χ1n) is 6.23. The minimum Gasteiger partial charge on any atom is -0.385 e. The van der Waals surface area contributed by atoms with Crippen LogP contribution in [0.3, 0.4) is 0 Å². The minimum atomic E-state index is -0.289. The predicted octanol–water partition coefficient (Wildman–Crippen LogP) is 2.20. The normalized spacial score (nSPS) is 10.3. The van der Waals surface area contributed by atoms with E-state index in [0.717, 1.165) is 13.0 Å². The summed E-state index contributed by atoms with van der Waals surface area (Å²) < 4.78 is 17.8. The van der Waals surface area contributed by atoms with Crippen molar-refractivity contribution in [3.63, 3.8) is 0 Å². The van der Waals surface area contributed by atoms with Crippen LogP contribution >= 0.6 is 0 Å². The molecule has 1 aromatic heterocycles. The highest BCUT2D eigenvalue weighted by molar-refractivity contribution is 5.53. The molecular formula is C13H16FN5O.